The maximum absolute atomic E-state index is 11.3. The molecule has 1 saturated heterocycles. The molecule has 1 amide bonds. The molecule has 0 N–H and O–H groups in total. The number of hydrogen-bond donors (Lipinski definition) is 0. The number of benzene rings is 1. The second-order valence-corrected chi connectivity index (χ2v) is 5.31. The molecule has 0 aromatic heterocycles. The number of carbonyl (C=O) groups excluding carboxylic acids is 1. The van der Waals surface area contributed by atoms with Gasteiger partial charge in [-0.15, -0.1) is 0 Å². The van der Waals surface area contributed by atoms with Crippen LogP contribution in [0.1, 0.15) is 18.1 Å². The van der Waals surface area contributed by atoms with Gasteiger partial charge in [-0.1, -0.05) is 17.7 Å². The maximum Gasteiger partial charge on any atom is 0.219 e. The third-order valence-corrected chi connectivity index (χ3v) is 3.73. The van der Waals surface area contributed by atoms with Crippen LogP contribution in [0.5, 0.6) is 0 Å². The Morgan fingerprint density at radius 3 is 2.28 bits per heavy atom. The highest BCUT2D eigenvalue weighted by molar-refractivity contribution is 6.33. The molecule has 0 aliphatic carbocycles. The Kier molecular flexibility index (Phi) is 3.81. The molecule has 1 aromatic rings. The molecule has 3 nitrogen and oxygen atoms in total. The van der Waals surface area contributed by atoms with Gasteiger partial charge in [0.25, 0.3) is 0 Å². The summed E-state index contributed by atoms with van der Waals surface area (Å²) in [5.74, 6) is 0.154. The SMILES string of the molecule is CC(=O)N1CCN(c2c(C)cc(C)cc2Cl)CC1. The van der Waals surface area contributed by atoms with E-state index < -0.39 is 0 Å². The zero-order valence-electron chi connectivity index (χ0n) is 11.2. The first kappa shape index (κ1) is 13.2. The summed E-state index contributed by atoms with van der Waals surface area (Å²) in [5, 5.41) is 0.809. The lowest BCUT2D eigenvalue weighted by atomic mass is 10.1. The zero-order chi connectivity index (χ0) is 13.3. The number of aryl methyl sites for hydroxylation is 2. The number of carbonyl (C=O) groups is 1. The van der Waals surface area contributed by atoms with Crippen molar-refractivity contribution in [2.24, 2.45) is 0 Å². The minimum Gasteiger partial charge on any atom is -0.367 e. The number of hydrogen-bond acceptors (Lipinski definition) is 2. The smallest absolute Gasteiger partial charge is 0.219 e. The van der Waals surface area contributed by atoms with Crippen molar-refractivity contribution in [2.45, 2.75) is 20.8 Å². The highest BCUT2D eigenvalue weighted by Crippen LogP contribution is 2.31. The fourth-order valence-electron chi connectivity index (χ4n) is 2.55. The van der Waals surface area contributed by atoms with Crippen LogP contribution in [0.4, 0.5) is 5.69 Å². The Balaban J connectivity index is 2.17. The van der Waals surface area contributed by atoms with Gasteiger partial charge in [0.05, 0.1) is 10.7 Å². The number of rotatable bonds is 1. The second-order valence-electron chi connectivity index (χ2n) is 4.91. The molecule has 1 aliphatic rings. The molecular weight excluding hydrogens is 248 g/mol. The average molecular weight is 267 g/mol. The van der Waals surface area contributed by atoms with E-state index in [4.69, 9.17) is 11.6 Å². The van der Waals surface area contributed by atoms with Crippen LogP contribution in [-0.4, -0.2) is 37.0 Å². The Bertz CT molecular complexity index is 442. The number of piperazine rings is 1. The van der Waals surface area contributed by atoms with E-state index >= 15 is 0 Å². The Morgan fingerprint density at radius 1 is 1.17 bits per heavy atom. The predicted molar refractivity (Wildman–Crippen MR) is 75.4 cm³/mol. The van der Waals surface area contributed by atoms with E-state index in [1.165, 1.54) is 11.1 Å². The highest BCUT2D eigenvalue weighted by atomic mass is 35.5. The molecule has 2 rings (SSSR count). The van der Waals surface area contributed by atoms with Crippen molar-refractivity contribution in [1.82, 2.24) is 4.90 Å². The molecule has 0 spiro atoms. The average Bonchev–Trinajstić information content (AvgIpc) is 2.28. The largest absolute Gasteiger partial charge is 0.367 e. The van der Waals surface area contributed by atoms with Crippen molar-refractivity contribution in [3.63, 3.8) is 0 Å². The first-order chi connectivity index (χ1) is 8.49. The molecule has 0 unspecified atom stereocenters. The van der Waals surface area contributed by atoms with Gasteiger partial charge in [-0.3, -0.25) is 4.79 Å². The van der Waals surface area contributed by atoms with Gasteiger partial charge in [0.2, 0.25) is 5.91 Å². The summed E-state index contributed by atoms with van der Waals surface area (Å²) in [6.07, 6.45) is 0. The third kappa shape index (κ3) is 2.61. The van der Waals surface area contributed by atoms with Crippen LogP contribution < -0.4 is 4.90 Å². The van der Waals surface area contributed by atoms with Crippen molar-refractivity contribution in [3.05, 3.63) is 28.3 Å². The topological polar surface area (TPSA) is 23.6 Å². The molecule has 1 aromatic carbocycles. The molecule has 18 heavy (non-hydrogen) atoms. The molecule has 1 aliphatic heterocycles. The summed E-state index contributed by atoms with van der Waals surface area (Å²) in [6, 6.07) is 4.15. The molecule has 0 radical (unpaired) electrons. The van der Waals surface area contributed by atoms with E-state index in [0.29, 0.717) is 0 Å². The molecule has 0 bridgehead atoms. The van der Waals surface area contributed by atoms with Crippen molar-refractivity contribution in [2.75, 3.05) is 31.1 Å². The van der Waals surface area contributed by atoms with Crippen LogP contribution in [0, 0.1) is 13.8 Å². The van der Waals surface area contributed by atoms with Gasteiger partial charge in [0, 0.05) is 33.1 Å². The van der Waals surface area contributed by atoms with Crippen LogP contribution in [0.15, 0.2) is 12.1 Å². The molecule has 0 saturated carbocycles. The summed E-state index contributed by atoms with van der Waals surface area (Å²) < 4.78 is 0. The van der Waals surface area contributed by atoms with E-state index in [-0.39, 0.29) is 5.91 Å². The summed E-state index contributed by atoms with van der Waals surface area (Å²) in [5.41, 5.74) is 3.50. The van der Waals surface area contributed by atoms with E-state index in [1.54, 1.807) is 6.92 Å². The quantitative estimate of drug-likeness (QED) is 0.780. The number of anilines is 1. The van der Waals surface area contributed by atoms with Crippen molar-refractivity contribution in [1.29, 1.82) is 0 Å². The van der Waals surface area contributed by atoms with Gasteiger partial charge in [-0.05, 0) is 31.0 Å². The van der Waals surface area contributed by atoms with Gasteiger partial charge in [-0.2, -0.15) is 0 Å². The molecule has 1 fully saturated rings. The predicted octanol–water partition coefficient (Wildman–Crippen LogP) is 2.63. The number of amides is 1. The van der Waals surface area contributed by atoms with Crippen molar-refractivity contribution < 1.29 is 4.79 Å². The fourth-order valence-corrected chi connectivity index (χ4v) is 2.99. The molecule has 4 heteroatoms. The Hall–Kier alpha value is -1.22. The first-order valence-electron chi connectivity index (χ1n) is 6.26. The molecule has 1 heterocycles. The van der Waals surface area contributed by atoms with Crippen LogP contribution in [0.2, 0.25) is 5.02 Å². The maximum atomic E-state index is 11.3. The third-order valence-electron chi connectivity index (χ3n) is 3.44. The highest BCUT2D eigenvalue weighted by Gasteiger charge is 2.21. The van der Waals surface area contributed by atoms with Crippen molar-refractivity contribution >= 4 is 23.2 Å². The van der Waals surface area contributed by atoms with Gasteiger partial charge >= 0.3 is 0 Å². The second kappa shape index (κ2) is 5.19. The normalized spacial score (nSPS) is 16.0. The Labute approximate surface area is 113 Å². The van der Waals surface area contributed by atoms with Crippen LogP contribution in [0.3, 0.4) is 0 Å². The minimum atomic E-state index is 0.154. The van der Waals surface area contributed by atoms with Crippen molar-refractivity contribution in [3.8, 4) is 0 Å². The summed E-state index contributed by atoms with van der Waals surface area (Å²) >= 11 is 6.34. The van der Waals surface area contributed by atoms with Gasteiger partial charge < -0.3 is 9.80 Å². The number of halogens is 1. The lowest BCUT2D eigenvalue weighted by Crippen LogP contribution is -2.48. The standard InChI is InChI=1S/C14H19ClN2O/c1-10-8-11(2)14(13(15)9-10)17-6-4-16(5-7-17)12(3)18/h8-9H,4-7H2,1-3H3. The zero-order valence-corrected chi connectivity index (χ0v) is 11.9. The fraction of sp³-hybridized carbons (Fsp3) is 0.500. The van der Waals surface area contributed by atoms with Crippen LogP contribution >= 0.6 is 11.6 Å². The molecule has 98 valence electrons. The molecular formula is C14H19ClN2O. The number of nitrogens with zero attached hydrogens (tertiary/aromatic N) is 2. The summed E-state index contributed by atoms with van der Waals surface area (Å²) in [4.78, 5) is 15.5. The summed E-state index contributed by atoms with van der Waals surface area (Å²) in [6.45, 7) is 9.02. The van der Waals surface area contributed by atoms with E-state index in [2.05, 4.69) is 24.8 Å². The van der Waals surface area contributed by atoms with E-state index in [1.807, 2.05) is 11.0 Å². The van der Waals surface area contributed by atoms with Gasteiger partial charge in [-0.25, -0.2) is 0 Å². The van der Waals surface area contributed by atoms with Crippen LogP contribution in [-0.2, 0) is 4.79 Å². The van der Waals surface area contributed by atoms with Gasteiger partial charge in [0.15, 0.2) is 0 Å². The van der Waals surface area contributed by atoms with Gasteiger partial charge in [0.1, 0.15) is 0 Å². The first-order valence-corrected chi connectivity index (χ1v) is 6.64. The summed E-state index contributed by atoms with van der Waals surface area (Å²) in [7, 11) is 0. The minimum absolute atomic E-state index is 0.154. The monoisotopic (exact) mass is 266 g/mol. The van der Waals surface area contributed by atoms with E-state index in [0.717, 1.165) is 36.9 Å². The van der Waals surface area contributed by atoms with Crippen LogP contribution in [0.25, 0.3) is 0 Å². The lowest BCUT2D eigenvalue weighted by Gasteiger charge is -2.36. The molecule has 0 atom stereocenters. The van der Waals surface area contributed by atoms with E-state index in [9.17, 15) is 4.79 Å². The lowest BCUT2D eigenvalue weighted by molar-refractivity contribution is -0.129. The Morgan fingerprint density at radius 2 is 1.78 bits per heavy atom.